The number of benzene rings is 7. The van der Waals surface area contributed by atoms with Gasteiger partial charge in [-0.1, -0.05) is 127 Å². The van der Waals surface area contributed by atoms with Crippen LogP contribution >= 0.6 is 0 Å². The molecule has 0 aliphatic carbocycles. The van der Waals surface area contributed by atoms with Gasteiger partial charge in [0.1, 0.15) is 16.7 Å². The molecule has 5 heteroatoms. The van der Waals surface area contributed by atoms with Crippen molar-refractivity contribution in [2.24, 2.45) is 0 Å². The maximum atomic E-state index is 7.46. The third-order valence-electron chi connectivity index (χ3n) is 9.72. The number of hydrogen-bond acceptors (Lipinski definition) is 4. The Bertz CT molecular complexity index is 3040. The second-order valence-electron chi connectivity index (χ2n) is 12.9. The fourth-order valence-electron chi connectivity index (χ4n) is 7.23. The average molecular weight is 666 g/mol. The first-order valence-corrected chi connectivity index (χ1v) is 17.1. The van der Waals surface area contributed by atoms with E-state index in [0.717, 1.165) is 88.5 Å². The average Bonchev–Trinajstić information content (AvgIpc) is 3.79. The molecule has 0 radical (unpaired) electrons. The van der Waals surface area contributed by atoms with E-state index in [4.69, 9.17) is 25.4 Å². The van der Waals surface area contributed by atoms with E-state index in [1.165, 1.54) is 0 Å². The SMILES string of the molecule is [C-]#[N+]c1ccc2oc3c(-c4cccc(-c5cccc(-c6nc(-c7cccc(-c8ccccc8)c7)c7c(n6)oc6ccccc67)c5)c4)cccc3c2c1. The lowest BCUT2D eigenvalue weighted by Gasteiger charge is -2.10. The molecule has 0 atom stereocenters. The van der Waals surface area contributed by atoms with Gasteiger partial charge in [-0.25, -0.2) is 9.83 Å². The van der Waals surface area contributed by atoms with Crippen LogP contribution < -0.4 is 0 Å². The smallest absolute Gasteiger partial charge is 0.231 e. The Balaban J connectivity index is 1.09. The molecule has 5 nitrogen and oxygen atoms in total. The molecular formula is C47H27N3O2. The summed E-state index contributed by atoms with van der Waals surface area (Å²) in [5, 5.41) is 3.83. The monoisotopic (exact) mass is 665 g/mol. The Morgan fingerprint density at radius 2 is 1.06 bits per heavy atom. The molecule has 7 aromatic carbocycles. The minimum atomic E-state index is 0.557. The van der Waals surface area contributed by atoms with Crippen molar-refractivity contribution in [1.82, 2.24) is 9.97 Å². The van der Waals surface area contributed by atoms with Gasteiger partial charge in [0.2, 0.25) is 5.71 Å². The summed E-state index contributed by atoms with van der Waals surface area (Å²) in [4.78, 5) is 13.9. The van der Waals surface area contributed by atoms with Crippen LogP contribution in [0, 0.1) is 6.57 Å². The van der Waals surface area contributed by atoms with E-state index in [-0.39, 0.29) is 0 Å². The molecule has 3 aromatic heterocycles. The highest BCUT2D eigenvalue weighted by Crippen LogP contribution is 2.40. The molecule has 0 unspecified atom stereocenters. The van der Waals surface area contributed by atoms with Gasteiger partial charge in [0.05, 0.1) is 17.7 Å². The minimum absolute atomic E-state index is 0.557. The second kappa shape index (κ2) is 11.9. The molecule has 0 bridgehead atoms. The quantitative estimate of drug-likeness (QED) is 0.172. The van der Waals surface area contributed by atoms with E-state index in [1.807, 2.05) is 54.6 Å². The summed E-state index contributed by atoms with van der Waals surface area (Å²) >= 11 is 0. The molecule has 0 spiro atoms. The predicted molar refractivity (Wildman–Crippen MR) is 210 cm³/mol. The van der Waals surface area contributed by atoms with Gasteiger partial charge < -0.3 is 8.83 Å². The Labute approximate surface area is 298 Å². The number of hydrogen-bond donors (Lipinski definition) is 0. The molecule has 52 heavy (non-hydrogen) atoms. The number of rotatable bonds is 5. The molecule has 3 heterocycles. The molecule has 0 aliphatic rings. The van der Waals surface area contributed by atoms with Gasteiger partial charge in [-0.05, 0) is 64.2 Å². The Hall–Kier alpha value is -7.29. The first kappa shape index (κ1) is 29.6. The van der Waals surface area contributed by atoms with Crippen molar-refractivity contribution in [1.29, 1.82) is 0 Å². The van der Waals surface area contributed by atoms with Crippen molar-refractivity contribution < 1.29 is 8.83 Å². The third-order valence-corrected chi connectivity index (χ3v) is 9.72. The zero-order valence-corrected chi connectivity index (χ0v) is 27.7. The van der Waals surface area contributed by atoms with Crippen molar-refractivity contribution in [3.05, 3.63) is 175 Å². The first-order chi connectivity index (χ1) is 25.7. The van der Waals surface area contributed by atoms with E-state index in [1.54, 1.807) is 6.07 Å². The van der Waals surface area contributed by atoms with Crippen molar-refractivity contribution in [2.75, 3.05) is 0 Å². The normalized spacial score (nSPS) is 11.4. The molecule has 10 rings (SSSR count). The van der Waals surface area contributed by atoms with Gasteiger partial charge in [0.25, 0.3) is 0 Å². The lowest BCUT2D eigenvalue weighted by molar-refractivity contribution is 0.653. The molecule has 0 amide bonds. The number of aromatic nitrogens is 2. The van der Waals surface area contributed by atoms with Gasteiger partial charge in [-0.3, -0.25) is 0 Å². The highest BCUT2D eigenvalue weighted by atomic mass is 16.3. The van der Waals surface area contributed by atoms with Gasteiger partial charge in [0, 0.05) is 32.8 Å². The zero-order valence-electron chi connectivity index (χ0n) is 27.7. The van der Waals surface area contributed by atoms with Crippen LogP contribution in [0.1, 0.15) is 0 Å². The van der Waals surface area contributed by atoms with Crippen molar-refractivity contribution in [3.8, 4) is 56.0 Å². The highest BCUT2D eigenvalue weighted by molar-refractivity contribution is 6.11. The molecular weight excluding hydrogens is 639 g/mol. The molecule has 242 valence electrons. The number of fused-ring (bicyclic) bond motifs is 6. The van der Waals surface area contributed by atoms with Crippen molar-refractivity contribution >= 4 is 49.7 Å². The highest BCUT2D eigenvalue weighted by Gasteiger charge is 2.19. The fourth-order valence-corrected chi connectivity index (χ4v) is 7.23. The lowest BCUT2D eigenvalue weighted by atomic mass is 9.96. The summed E-state index contributed by atoms with van der Waals surface area (Å²) in [6.07, 6.45) is 0. The Morgan fingerprint density at radius 1 is 0.442 bits per heavy atom. The van der Waals surface area contributed by atoms with E-state index in [0.29, 0.717) is 17.2 Å². The summed E-state index contributed by atoms with van der Waals surface area (Å²) in [5.74, 6) is 0.593. The van der Waals surface area contributed by atoms with Crippen molar-refractivity contribution in [2.45, 2.75) is 0 Å². The van der Waals surface area contributed by atoms with Gasteiger partial charge in [-0.15, -0.1) is 0 Å². The van der Waals surface area contributed by atoms with E-state index in [9.17, 15) is 0 Å². The van der Waals surface area contributed by atoms with Crippen LogP contribution in [0.2, 0.25) is 0 Å². The van der Waals surface area contributed by atoms with Gasteiger partial charge in [0.15, 0.2) is 11.5 Å². The van der Waals surface area contributed by atoms with E-state index < -0.39 is 0 Å². The summed E-state index contributed by atoms with van der Waals surface area (Å²) in [6, 6.07) is 55.5. The summed E-state index contributed by atoms with van der Waals surface area (Å²) in [5.41, 5.74) is 12.6. The molecule has 0 fully saturated rings. The number of para-hydroxylation sites is 2. The van der Waals surface area contributed by atoms with Crippen LogP contribution in [-0.4, -0.2) is 9.97 Å². The van der Waals surface area contributed by atoms with Gasteiger partial charge in [-0.2, -0.15) is 4.98 Å². The lowest BCUT2D eigenvalue weighted by Crippen LogP contribution is -1.94. The van der Waals surface area contributed by atoms with Crippen LogP contribution in [-0.2, 0) is 0 Å². The molecule has 0 saturated heterocycles. The number of furan rings is 2. The van der Waals surface area contributed by atoms with E-state index >= 15 is 0 Å². The molecule has 10 aromatic rings. The van der Waals surface area contributed by atoms with E-state index in [2.05, 4.69) is 108 Å². The summed E-state index contributed by atoms with van der Waals surface area (Å²) < 4.78 is 12.7. The second-order valence-corrected chi connectivity index (χ2v) is 12.9. The maximum absolute atomic E-state index is 7.46. The summed E-state index contributed by atoms with van der Waals surface area (Å²) in [6.45, 7) is 7.46. The summed E-state index contributed by atoms with van der Waals surface area (Å²) in [7, 11) is 0. The first-order valence-electron chi connectivity index (χ1n) is 17.1. The maximum Gasteiger partial charge on any atom is 0.231 e. The van der Waals surface area contributed by atoms with Crippen molar-refractivity contribution in [3.63, 3.8) is 0 Å². The van der Waals surface area contributed by atoms with Gasteiger partial charge >= 0.3 is 0 Å². The Morgan fingerprint density at radius 3 is 1.88 bits per heavy atom. The minimum Gasteiger partial charge on any atom is -0.456 e. The van der Waals surface area contributed by atoms with Crippen LogP contribution in [0.3, 0.4) is 0 Å². The van der Waals surface area contributed by atoms with Crippen LogP contribution in [0.4, 0.5) is 5.69 Å². The molecule has 0 aliphatic heterocycles. The van der Waals surface area contributed by atoms with Crippen LogP contribution in [0.15, 0.2) is 173 Å². The Kier molecular flexibility index (Phi) is 6.80. The largest absolute Gasteiger partial charge is 0.456 e. The zero-order chi connectivity index (χ0) is 34.6. The molecule has 0 saturated carbocycles. The third kappa shape index (κ3) is 4.93. The number of nitrogens with zero attached hydrogens (tertiary/aromatic N) is 3. The van der Waals surface area contributed by atoms with Crippen LogP contribution in [0.25, 0.3) is 105 Å². The van der Waals surface area contributed by atoms with Crippen LogP contribution in [0.5, 0.6) is 0 Å². The predicted octanol–water partition coefficient (Wildman–Crippen LogP) is 13.2. The topological polar surface area (TPSA) is 56.4 Å². The standard InChI is InChI=1S/C47H27N3O2/c1-48-36-23-24-42-40(28-36)38-21-10-20-37(45(38)51-42)33-16-7-14-31(25-33)32-15-9-18-35(27-32)46-49-44(43-39-19-5-6-22-41(39)52-47(43)50-46)34-17-8-13-30(26-34)29-11-3-2-4-12-29/h2-28H. The molecule has 0 N–H and O–H groups in total. The fraction of sp³-hybridized carbons (Fsp3) is 0.